The number of amides is 1. The van der Waals surface area contributed by atoms with Crippen LogP contribution in [0.4, 0.5) is 0 Å². The predicted molar refractivity (Wildman–Crippen MR) is 99.1 cm³/mol. The maximum atomic E-state index is 12.3. The van der Waals surface area contributed by atoms with E-state index in [0.717, 1.165) is 16.7 Å². The number of nitrogens with one attached hydrogen (secondary N) is 1. The van der Waals surface area contributed by atoms with Crippen LogP contribution in [-0.2, 0) is 0 Å². The van der Waals surface area contributed by atoms with Gasteiger partial charge in [-0.2, -0.15) is 0 Å². The molecule has 0 saturated heterocycles. The first-order valence-electron chi connectivity index (χ1n) is 8.18. The largest absolute Gasteiger partial charge is 0.497 e. The van der Waals surface area contributed by atoms with Gasteiger partial charge in [0, 0.05) is 23.2 Å². The lowest BCUT2D eigenvalue weighted by Gasteiger charge is -2.10. The Kier molecular flexibility index (Phi) is 5.53. The van der Waals surface area contributed by atoms with Crippen LogP contribution in [0, 0.1) is 0 Å². The van der Waals surface area contributed by atoms with Crippen LogP contribution in [0.25, 0.3) is 10.9 Å². The van der Waals surface area contributed by atoms with Crippen molar-refractivity contribution < 1.29 is 19.0 Å². The summed E-state index contributed by atoms with van der Waals surface area (Å²) in [6, 6.07) is 14.6. The van der Waals surface area contributed by atoms with E-state index in [0.29, 0.717) is 30.2 Å². The van der Waals surface area contributed by atoms with E-state index in [1.54, 1.807) is 38.6 Å². The summed E-state index contributed by atoms with van der Waals surface area (Å²) in [5, 5.41) is 3.83. The van der Waals surface area contributed by atoms with E-state index in [2.05, 4.69) is 10.3 Å². The maximum absolute atomic E-state index is 12.3. The van der Waals surface area contributed by atoms with Crippen molar-refractivity contribution >= 4 is 16.8 Å². The van der Waals surface area contributed by atoms with Crippen LogP contribution in [0.1, 0.15) is 10.4 Å². The van der Waals surface area contributed by atoms with Crippen LogP contribution in [0.3, 0.4) is 0 Å². The minimum atomic E-state index is -0.214. The van der Waals surface area contributed by atoms with Gasteiger partial charge in [-0.25, -0.2) is 0 Å². The SMILES string of the molecule is COc1cc(OC)cc(C(=O)NCCOc2ccc3ncccc3c2)c1. The van der Waals surface area contributed by atoms with Crippen molar-refractivity contribution in [1.29, 1.82) is 0 Å². The lowest BCUT2D eigenvalue weighted by molar-refractivity contribution is 0.0946. The molecule has 0 aliphatic heterocycles. The Hall–Kier alpha value is -3.28. The molecule has 3 aromatic rings. The van der Waals surface area contributed by atoms with Crippen molar-refractivity contribution in [2.75, 3.05) is 27.4 Å². The van der Waals surface area contributed by atoms with Crippen molar-refractivity contribution in [3.05, 3.63) is 60.3 Å². The smallest absolute Gasteiger partial charge is 0.251 e. The second kappa shape index (κ2) is 8.20. The van der Waals surface area contributed by atoms with Gasteiger partial charge in [-0.3, -0.25) is 9.78 Å². The number of fused-ring (bicyclic) bond motifs is 1. The highest BCUT2D eigenvalue weighted by molar-refractivity contribution is 5.95. The van der Waals surface area contributed by atoms with Crippen LogP contribution in [0.2, 0.25) is 0 Å². The molecule has 1 heterocycles. The lowest BCUT2D eigenvalue weighted by atomic mass is 10.2. The molecule has 0 aliphatic carbocycles. The number of methoxy groups -OCH3 is 2. The van der Waals surface area contributed by atoms with Gasteiger partial charge in [0.25, 0.3) is 5.91 Å². The summed E-state index contributed by atoms with van der Waals surface area (Å²) in [6.45, 7) is 0.738. The summed E-state index contributed by atoms with van der Waals surface area (Å²) < 4.78 is 16.1. The minimum Gasteiger partial charge on any atom is -0.497 e. The number of rotatable bonds is 7. The van der Waals surface area contributed by atoms with Crippen LogP contribution < -0.4 is 19.5 Å². The molecular weight excluding hydrogens is 332 g/mol. The average molecular weight is 352 g/mol. The van der Waals surface area contributed by atoms with Gasteiger partial charge in [-0.05, 0) is 36.4 Å². The molecule has 0 fully saturated rings. The number of pyridine rings is 1. The number of nitrogens with zero attached hydrogens (tertiary/aromatic N) is 1. The quantitative estimate of drug-likeness (QED) is 0.662. The fourth-order valence-electron chi connectivity index (χ4n) is 2.52. The Morgan fingerprint density at radius 2 is 1.77 bits per heavy atom. The molecule has 2 aromatic carbocycles. The zero-order valence-electron chi connectivity index (χ0n) is 14.7. The van der Waals surface area contributed by atoms with Crippen LogP contribution >= 0.6 is 0 Å². The van der Waals surface area contributed by atoms with Crippen LogP contribution in [-0.4, -0.2) is 38.3 Å². The fraction of sp³-hybridized carbons (Fsp3) is 0.200. The van der Waals surface area contributed by atoms with E-state index in [9.17, 15) is 4.79 Å². The first-order chi connectivity index (χ1) is 12.7. The maximum Gasteiger partial charge on any atom is 0.251 e. The minimum absolute atomic E-state index is 0.214. The van der Waals surface area contributed by atoms with Gasteiger partial charge in [-0.15, -0.1) is 0 Å². The Morgan fingerprint density at radius 1 is 1.00 bits per heavy atom. The summed E-state index contributed by atoms with van der Waals surface area (Å²) in [4.78, 5) is 16.6. The predicted octanol–water partition coefficient (Wildman–Crippen LogP) is 3.06. The number of ether oxygens (including phenoxy) is 3. The van der Waals surface area contributed by atoms with Gasteiger partial charge in [-0.1, -0.05) is 6.07 Å². The molecule has 3 rings (SSSR count). The van der Waals surface area contributed by atoms with E-state index in [-0.39, 0.29) is 5.91 Å². The third-order valence-electron chi connectivity index (χ3n) is 3.84. The number of carbonyl (C=O) groups is 1. The second-order valence-corrected chi connectivity index (χ2v) is 5.56. The van der Waals surface area contributed by atoms with E-state index >= 15 is 0 Å². The first kappa shape index (κ1) is 17.5. The molecule has 6 nitrogen and oxygen atoms in total. The van der Waals surface area contributed by atoms with E-state index in [1.807, 2.05) is 30.3 Å². The molecular formula is C20H20N2O4. The van der Waals surface area contributed by atoms with Gasteiger partial charge in [0.05, 0.1) is 26.3 Å². The number of hydrogen-bond acceptors (Lipinski definition) is 5. The van der Waals surface area contributed by atoms with E-state index in [1.165, 1.54) is 0 Å². The molecule has 0 bridgehead atoms. The third kappa shape index (κ3) is 4.22. The van der Waals surface area contributed by atoms with Gasteiger partial charge >= 0.3 is 0 Å². The molecule has 1 amide bonds. The topological polar surface area (TPSA) is 69.7 Å². The fourth-order valence-corrected chi connectivity index (χ4v) is 2.52. The number of carbonyl (C=O) groups excluding carboxylic acids is 1. The Balaban J connectivity index is 1.55. The Labute approximate surface area is 151 Å². The summed E-state index contributed by atoms with van der Waals surface area (Å²) in [5.74, 6) is 1.65. The van der Waals surface area contributed by atoms with Crippen molar-refractivity contribution in [2.24, 2.45) is 0 Å². The molecule has 1 N–H and O–H groups in total. The third-order valence-corrected chi connectivity index (χ3v) is 3.84. The van der Waals surface area contributed by atoms with Gasteiger partial charge in [0.15, 0.2) is 0 Å². The molecule has 1 aromatic heterocycles. The van der Waals surface area contributed by atoms with E-state index in [4.69, 9.17) is 14.2 Å². The Morgan fingerprint density at radius 3 is 2.50 bits per heavy atom. The van der Waals surface area contributed by atoms with Crippen LogP contribution in [0.15, 0.2) is 54.7 Å². The number of hydrogen-bond donors (Lipinski definition) is 1. The molecule has 0 aliphatic rings. The summed E-state index contributed by atoms with van der Waals surface area (Å²) in [7, 11) is 3.09. The molecule has 0 saturated carbocycles. The Bertz CT molecular complexity index is 889. The lowest BCUT2D eigenvalue weighted by Crippen LogP contribution is -2.28. The molecule has 0 spiro atoms. The summed E-state index contributed by atoms with van der Waals surface area (Å²) >= 11 is 0. The monoisotopic (exact) mass is 352 g/mol. The molecule has 26 heavy (non-hydrogen) atoms. The zero-order valence-corrected chi connectivity index (χ0v) is 14.7. The normalized spacial score (nSPS) is 10.4. The molecule has 6 heteroatoms. The highest BCUT2D eigenvalue weighted by Crippen LogP contribution is 2.22. The average Bonchev–Trinajstić information content (AvgIpc) is 2.70. The molecule has 134 valence electrons. The van der Waals surface area contributed by atoms with Crippen molar-refractivity contribution in [2.45, 2.75) is 0 Å². The molecule has 0 unspecified atom stereocenters. The molecule has 0 radical (unpaired) electrons. The first-order valence-corrected chi connectivity index (χ1v) is 8.18. The summed E-state index contributed by atoms with van der Waals surface area (Å²) in [6.07, 6.45) is 1.76. The standard InChI is InChI=1S/C20H20N2O4/c1-24-17-11-15(12-18(13-17)25-2)20(23)22-8-9-26-16-5-6-19-14(10-16)4-3-7-21-19/h3-7,10-13H,8-9H2,1-2H3,(H,22,23). The van der Waals surface area contributed by atoms with Gasteiger partial charge in [0.2, 0.25) is 0 Å². The van der Waals surface area contributed by atoms with Crippen molar-refractivity contribution in [1.82, 2.24) is 10.3 Å². The molecule has 0 atom stereocenters. The zero-order chi connectivity index (χ0) is 18.4. The highest BCUT2D eigenvalue weighted by atomic mass is 16.5. The van der Waals surface area contributed by atoms with Crippen molar-refractivity contribution in [3.8, 4) is 17.2 Å². The number of benzene rings is 2. The van der Waals surface area contributed by atoms with Crippen LogP contribution in [0.5, 0.6) is 17.2 Å². The van der Waals surface area contributed by atoms with E-state index < -0.39 is 0 Å². The number of aromatic nitrogens is 1. The van der Waals surface area contributed by atoms with Gasteiger partial charge < -0.3 is 19.5 Å². The second-order valence-electron chi connectivity index (χ2n) is 5.56. The van der Waals surface area contributed by atoms with Crippen molar-refractivity contribution in [3.63, 3.8) is 0 Å². The van der Waals surface area contributed by atoms with Gasteiger partial charge in [0.1, 0.15) is 23.9 Å². The highest BCUT2D eigenvalue weighted by Gasteiger charge is 2.09. The summed E-state index contributed by atoms with van der Waals surface area (Å²) in [5.41, 5.74) is 1.39.